The molecule has 10 rings (SSSR count). The van der Waals surface area contributed by atoms with Crippen LogP contribution in [-0.4, -0.2) is 88.1 Å². The Hall–Kier alpha value is -5.42. The molecule has 57 heavy (non-hydrogen) atoms. The molecule has 0 spiro atoms. The highest BCUT2D eigenvalue weighted by atomic mass is 32.1. The van der Waals surface area contributed by atoms with Crippen molar-refractivity contribution in [3.8, 4) is 17.6 Å². The van der Waals surface area contributed by atoms with E-state index in [0.29, 0.717) is 22.8 Å². The number of hydrogen-bond donors (Lipinski definition) is 3. The number of anilines is 2. The fraction of sp³-hybridized carbons (Fsp3) is 0.368. The van der Waals surface area contributed by atoms with Crippen LogP contribution in [-0.2, 0) is 9.59 Å². The number of aromatic nitrogens is 4. The second kappa shape index (κ2) is 15.8. The minimum atomic E-state index is -0.466. The molecular weight excluding hydrogens is 805 g/mol. The van der Waals surface area contributed by atoms with E-state index in [1.807, 2.05) is 52.3 Å². The van der Waals surface area contributed by atoms with Crippen LogP contribution in [0.2, 0.25) is 0 Å². The highest BCUT2D eigenvalue weighted by molar-refractivity contribution is 7.17. The van der Waals surface area contributed by atoms with Crippen LogP contribution >= 0.6 is 45.3 Å². The van der Waals surface area contributed by atoms with Crippen molar-refractivity contribution in [3.05, 3.63) is 69.6 Å². The molecule has 6 heterocycles. The monoisotopic (exact) mass is 840 g/mol. The molecule has 2 saturated heterocycles. The summed E-state index contributed by atoms with van der Waals surface area (Å²) in [6.07, 6.45) is 6.12. The van der Waals surface area contributed by atoms with Gasteiger partial charge in [0.1, 0.15) is 50.6 Å². The third-order valence-corrected chi connectivity index (χ3v) is 14.1. The predicted octanol–water partition coefficient (Wildman–Crippen LogP) is 4.80. The summed E-state index contributed by atoms with van der Waals surface area (Å²) in [6, 6.07) is 14.2. The number of carbonyl (C=O) groups excluding carboxylic acids is 3. The van der Waals surface area contributed by atoms with E-state index in [1.165, 1.54) is 28.9 Å². The maximum absolute atomic E-state index is 12.5. The number of thiazole rings is 4. The summed E-state index contributed by atoms with van der Waals surface area (Å²) in [5.74, 6) is 1.32. The van der Waals surface area contributed by atoms with E-state index in [4.69, 9.17) is 20.5 Å². The van der Waals surface area contributed by atoms with Crippen molar-refractivity contribution in [3.63, 3.8) is 0 Å². The molecule has 0 atom stereocenters. The third-order valence-electron chi connectivity index (χ3n) is 10.5. The van der Waals surface area contributed by atoms with Gasteiger partial charge in [-0.05, 0) is 49.9 Å². The standard InChI is InChI=1S/C19H19N5O3S2.C19H17N5O2S2/c20-17(25)15-6-21-19(29-15)24-7-11(8-24)23-18(26)10-4-12(5-10)27-13-2-1-3-14-16(13)22-9-28-14;20-6-14-7-21-19(28-14)24-8-12(9-24)23-18(25)11-4-13(5-11)26-15-2-1-3-16-17(15)22-10-27-16/h1-3,6,9-12H,4-5,7-8H2,(H2,20,25)(H,23,26);1-3,7,10-13H,4-5,8-9H2,(H,23,25). The Labute approximate surface area is 342 Å². The lowest BCUT2D eigenvalue weighted by Gasteiger charge is -2.41. The van der Waals surface area contributed by atoms with Crippen LogP contribution in [0.15, 0.2) is 59.8 Å². The van der Waals surface area contributed by atoms with E-state index in [9.17, 15) is 14.4 Å². The lowest BCUT2D eigenvalue weighted by atomic mass is 9.81. The summed E-state index contributed by atoms with van der Waals surface area (Å²) in [6.45, 7) is 2.86. The number of fused-ring (bicyclic) bond motifs is 2. The Bertz CT molecular complexity index is 2470. The van der Waals surface area contributed by atoms with Gasteiger partial charge < -0.3 is 35.6 Å². The second-order valence-electron chi connectivity index (χ2n) is 14.4. The minimum Gasteiger partial charge on any atom is -0.488 e. The first-order chi connectivity index (χ1) is 27.8. The number of nitrogens with one attached hydrogen (secondary N) is 2. The van der Waals surface area contributed by atoms with Crippen molar-refractivity contribution in [1.29, 1.82) is 5.26 Å². The molecule has 292 valence electrons. The molecule has 2 aliphatic carbocycles. The molecule has 0 bridgehead atoms. The highest BCUT2D eigenvalue weighted by Crippen LogP contribution is 2.37. The number of primary amides is 1. The van der Waals surface area contributed by atoms with Crippen molar-refractivity contribution in [2.24, 2.45) is 17.6 Å². The first kappa shape index (κ1) is 37.2. The fourth-order valence-electron chi connectivity index (χ4n) is 7.10. The third kappa shape index (κ3) is 7.94. The van der Waals surface area contributed by atoms with Crippen LogP contribution < -0.4 is 35.6 Å². The summed E-state index contributed by atoms with van der Waals surface area (Å²) in [4.78, 5) is 58.4. The molecule has 3 amide bonds. The van der Waals surface area contributed by atoms with Crippen LogP contribution in [0.1, 0.15) is 40.2 Å². The molecule has 6 aromatic rings. The Morgan fingerprint density at radius 3 is 1.67 bits per heavy atom. The summed E-state index contributed by atoms with van der Waals surface area (Å²) in [5, 5.41) is 16.7. The molecule has 4 aliphatic rings. The molecule has 19 heteroatoms. The Balaban J connectivity index is 0.000000148. The summed E-state index contributed by atoms with van der Waals surface area (Å²) in [7, 11) is 0. The molecule has 2 saturated carbocycles. The summed E-state index contributed by atoms with van der Waals surface area (Å²) < 4.78 is 14.3. The average molecular weight is 841 g/mol. The molecule has 15 nitrogen and oxygen atoms in total. The molecule has 0 unspecified atom stereocenters. The molecule has 4 N–H and O–H groups in total. The van der Waals surface area contributed by atoms with Crippen molar-refractivity contribution >= 4 is 93.8 Å². The number of carbonyl (C=O) groups is 3. The number of nitrogens with zero attached hydrogens (tertiary/aromatic N) is 7. The van der Waals surface area contributed by atoms with Crippen LogP contribution in [0.3, 0.4) is 0 Å². The lowest BCUT2D eigenvalue weighted by molar-refractivity contribution is -0.132. The lowest BCUT2D eigenvalue weighted by Crippen LogP contribution is -2.61. The maximum atomic E-state index is 12.5. The first-order valence-corrected chi connectivity index (χ1v) is 21.9. The number of benzene rings is 2. The van der Waals surface area contributed by atoms with E-state index >= 15 is 0 Å². The molecule has 4 fully saturated rings. The zero-order valence-corrected chi connectivity index (χ0v) is 33.5. The highest BCUT2D eigenvalue weighted by Gasteiger charge is 2.40. The van der Waals surface area contributed by atoms with Crippen molar-refractivity contribution in [2.75, 3.05) is 36.0 Å². The Morgan fingerprint density at radius 2 is 1.21 bits per heavy atom. The molecule has 4 aromatic heterocycles. The number of nitrogens with two attached hydrogens (primary N) is 1. The SMILES string of the molecule is N#Cc1cnc(N2CC(NC(=O)C3CC(Oc4cccc5scnc45)C3)C2)s1.NC(=O)c1cnc(N2CC(NC(=O)C3CC(Oc4cccc5scnc45)C3)C2)s1. The van der Waals surface area contributed by atoms with Crippen LogP contribution in [0.5, 0.6) is 11.5 Å². The van der Waals surface area contributed by atoms with Gasteiger partial charge in [0.25, 0.3) is 5.91 Å². The van der Waals surface area contributed by atoms with Gasteiger partial charge in [-0.3, -0.25) is 14.4 Å². The van der Waals surface area contributed by atoms with E-state index in [1.54, 1.807) is 28.9 Å². The molecule has 2 aromatic carbocycles. The van der Waals surface area contributed by atoms with Gasteiger partial charge in [0.05, 0.1) is 44.9 Å². The summed E-state index contributed by atoms with van der Waals surface area (Å²) in [5.41, 5.74) is 10.7. The van der Waals surface area contributed by atoms with Crippen LogP contribution in [0.4, 0.5) is 10.3 Å². The zero-order chi connectivity index (χ0) is 39.0. The number of amides is 3. The zero-order valence-electron chi connectivity index (χ0n) is 30.3. The van der Waals surface area contributed by atoms with Crippen LogP contribution in [0.25, 0.3) is 20.4 Å². The van der Waals surface area contributed by atoms with Gasteiger partial charge >= 0.3 is 0 Å². The Morgan fingerprint density at radius 1 is 0.719 bits per heavy atom. The second-order valence-corrected chi connectivity index (χ2v) is 18.2. The van der Waals surface area contributed by atoms with Crippen LogP contribution in [0, 0.1) is 23.2 Å². The van der Waals surface area contributed by atoms with Gasteiger partial charge in [-0.1, -0.05) is 34.8 Å². The summed E-state index contributed by atoms with van der Waals surface area (Å²) >= 11 is 5.85. The largest absolute Gasteiger partial charge is 0.488 e. The van der Waals surface area contributed by atoms with Crippen molar-refractivity contribution < 1.29 is 23.9 Å². The molecular formula is C38H36N10O5S4. The quantitative estimate of drug-likeness (QED) is 0.161. The van der Waals surface area contributed by atoms with Crippen molar-refractivity contribution in [2.45, 2.75) is 50.0 Å². The van der Waals surface area contributed by atoms with Gasteiger partial charge in [0, 0.05) is 38.0 Å². The van der Waals surface area contributed by atoms with Gasteiger partial charge in [0.15, 0.2) is 10.3 Å². The number of para-hydroxylation sites is 2. The number of ether oxygens (including phenoxy) is 2. The van der Waals surface area contributed by atoms with Gasteiger partial charge in [-0.25, -0.2) is 19.9 Å². The smallest absolute Gasteiger partial charge is 0.260 e. The fourth-order valence-corrected chi connectivity index (χ4v) is 10.0. The average Bonchev–Trinajstić information content (AvgIpc) is 3.97. The minimum absolute atomic E-state index is 0.00925. The molecule has 2 aliphatic heterocycles. The topological polar surface area (TPSA) is 202 Å². The van der Waals surface area contributed by atoms with Gasteiger partial charge in [0.2, 0.25) is 11.8 Å². The normalized spacial score (nSPS) is 21.5. The van der Waals surface area contributed by atoms with E-state index in [2.05, 4.69) is 41.5 Å². The number of rotatable bonds is 11. The van der Waals surface area contributed by atoms with E-state index in [-0.39, 0.29) is 47.9 Å². The number of hydrogen-bond acceptors (Lipinski definition) is 16. The maximum Gasteiger partial charge on any atom is 0.260 e. The molecule has 0 radical (unpaired) electrons. The van der Waals surface area contributed by atoms with Gasteiger partial charge in [-0.2, -0.15) is 5.26 Å². The van der Waals surface area contributed by atoms with Gasteiger partial charge in [-0.15, -0.1) is 22.7 Å². The predicted molar refractivity (Wildman–Crippen MR) is 219 cm³/mol. The Kier molecular flexibility index (Phi) is 10.3. The van der Waals surface area contributed by atoms with Crippen molar-refractivity contribution in [1.82, 2.24) is 30.6 Å². The first-order valence-electron chi connectivity index (χ1n) is 18.5. The number of nitriles is 1. The van der Waals surface area contributed by atoms with E-state index in [0.717, 1.165) is 81.0 Å². The van der Waals surface area contributed by atoms with E-state index < -0.39 is 5.91 Å².